The van der Waals surface area contributed by atoms with Gasteiger partial charge in [-0.3, -0.25) is 0 Å². The quantitative estimate of drug-likeness (QED) is 0.289. The van der Waals surface area contributed by atoms with Gasteiger partial charge in [-0.2, -0.15) is 4.57 Å². The number of rotatable bonds is 5. The molecule has 174 valence electrons. The van der Waals surface area contributed by atoms with E-state index in [1.807, 2.05) is 6.07 Å². The Balaban J connectivity index is 0.00000241. The van der Waals surface area contributed by atoms with E-state index >= 15 is 0 Å². The van der Waals surface area contributed by atoms with E-state index < -0.39 is 0 Å². The molecular formula is C27H24BrNO4S. The molecule has 0 spiro atoms. The van der Waals surface area contributed by atoms with Crippen LogP contribution in [0, 0.1) is 0 Å². The van der Waals surface area contributed by atoms with Crippen molar-refractivity contribution < 1.29 is 40.5 Å². The third-order valence-corrected chi connectivity index (χ3v) is 7.08. The lowest BCUT2D eigenvalue weighted by atomic mass is 9.95. The monoisotopic (exact) mass is 537 g/mol. The van der Waals surface area contributed by atoms with E-state index in [9.17, 15) is 0 Å². The summed E-state index contributed by atoms with van der Waals surface area (Å²) in [6, 6.07) is 19.0. The Hall–Kier alpha value is -2.90. The molecule has 0 atom stereocenters. The van der Waals surface area contributed by atoms with Crippen molar-refractivity contribution in [2.45, 2.75) is 24.5 Å². The molecule has 1 aromatic heterocycles. The summed E-state index contributed by atoms with van der Waals surface area (Å²) in [5.74, 6) is 3.17. The van der Waals surface area contributed by atoms with Gasteiger partial charge in [0.15, 0.2) is 35.7 Å². The fraction of sp³-hybridized carbons (Fsp3) is 0.222. The van der Waals surface area contributed by atoms with Crippen molar-refractivity contribution in [2.75, 3.05) is 20.2 Å². The number of benzene rings is 3. The molecule has 7 heteroatoms. The van der Waals surface area contributed by atoms with Crippen molar-refractivity contribution in [3.63, 3.8) is 0 Å². The minimum Gasteiger partial charge on any atom is -1.00 e. The number of halogens is 1. The normalized spacial score (nSPS) is 13.1. The molecule has 3 aromatic carbocycles. The summed E-state index contributed by atoms with van der Waals surface area (Å²) in [6.45, 7) is 1.67. The second kappa shape index (κ2) is 9.39. The number of pyridine rings is 1. The molecule has 0 bridgehead atoms. The van der Waals surface area contributed by atoms with Gasteiger partial charge in [0.2, 0.25) is 12.5 Å². The molecule has 34 heavy (non-hydrogen) atoms. The minimum absolute atomic E-state index is 0. The van der Waals surface area contributed by atoms with Crippen molar-refractivity contribution in [2.24, 2.45) is 0 Å². The van der Waals surface area contributed by atoms with Crippen LogP contribution in [0.15, 0.2) is 65.7 Å². The number of methoxy groups -OCH3 is 1. The van der Waals surface area contributed by atoms with Gasteiger partial charge in [0, 0.05) is 17.4 Å². The first kappa shape index (κ1) is 22.9. The van der Waals surface area contributed by atoms with Gasteiger partial charge in [-0.15, -0.1) is 11.8 Å². The molecule has 0 aliphatic carbocycles. The van der Waals surface area contributed by atoms with Crippen LogP contribution in [0.5, 0.6) is 23.0 Å². The Morgan fingerprint density at radius 1 is 1.00 bits per heavy atom. The summed E-state index contributed by atoms with van der Waals surface area (Å²) in [5, 5.41) is 2.16. The van der Waals surface area contributed by atoms with Crippen LogP contribution in [0.2, 0.25) is 0 Å². The number of aryl methyl sites for hydroxylation is 2. The fourth-order valence-electron chi connectivity index (χ4n) is 4.58. The van der Waals surface area contributed by atoms with Gasteiger partial charge in [0.1, 0.15) is 6.61 Å². The molecule has 3 heterocycles. The molecular weight excluding hydrogens is 514 g/mol. The highest BCUT2D eigenvalue weighted by Gasteiger charge is 2.28. The van der Waals surface area contributed by atoms with Gasteiger partial charge >= 0.3 is 0 Å². The molecule has 2 aliphatic rings. The van der Waals surface area contributed by atoms with Gasteiger partial charge in [-0.1, -0.05) is 12.1 Å². The largest absolute Gasteiger partial charge is 1.00 e. The summed E-state index contributed by atoms with van der Waals surface area (Å²) in [7, 11) is 1.69. The van der Waals surface area contributed by atoms with Crippen LogP contribution in [0.1, 0.15) is 11.1 Å². The van der Waals surface area contributed by atoms with Crippen molar-refractivity contribution >= 4 is 22.5 Å². The second-order valence-corrected chi connectivity index (χ2v) is 9.08. The zero-order valence-electron chi connectivity index (χ0n) is 19.0. The molecule has 0 fully saturated rings. The molecule has 0 unspecified atom stereocenters. The van der Waals surface area contributed by atoms with Crippen LogP contribution in [-0.2, 0) is 19.6 Å². The van der Waals surface area contributed by atoms with Crippen LogP contribution in [-0.4, -0.2) is 20.2 Å². The summed E-state index contributed by atoms with van der Waals surface area (Å²) >= 11 is 1.74. The van der Waals surface area contributed by atoms with Crippen molar-refractivity contribution in [1.29, 1.82) is 0 Å². The van der Waals surface area contributed by atoms with Crippen LogP contribution < -0.4 is 40.5 Å². The van der Waals surface area contributed by atoms with Crippen LogP contribution in [0.4, 0.5) is 0 Å². The summed E-state index contributed by atoms with van der Waals surface area (Å²) in [6.07, 6.45) is 5.21. The molecule has 0 N–H and O–H groups in total. The highest BCUT2D eigenvalue weighted by molar-refractivity contribution is 7.98. The summed E-state index contributed by atoms with van der Waals surface area (Å²) in [5.41, 5.74) is 4.78. The van der Waals surface area contributed by atoms with E-state index in [2.05, 4.69) is 65.6 Å². The van der Waals surface area contributed by atoms with Gasteiger partial charge in [-0.05, 0) is 59.2 Å². The number of hydrogen-bond acceptors (Lipinski definition) is 5. The SMILES string of the molecule is COc1ccc2cc3[n+](cc2c1OCc1ccc(SC)cc1)CCc1cc2c(cc1-3)OCO2.[Br-]. The van der Waals surface area contributed by atoms with E-state index in [0.717, 1.165) is 52.3 Å². The topological polar surface area (TPSA) is 40.8 Å². The second-order valence-electron chi connectivity index (χ2n) is 8.20. The third-order valence-electron chi connectivity index (χ3n) is 6.34. The maximum atomic E-state index is 6.34. The van der Waals surface area contributed by atoms with Crippen molar-refractivity contribution in [1.82, 2.24) is 0 Å². The van der Waals surface area contributed by atoms with Crippen LogP contribution in [0.25, 0.3) is 22.0 Å². The molecule has 0 radical (unpaired) electrons. The van der Waals surface area contributed by atoms with E-state index in [0.29, 0.717) is 6.61 Å². The van der Waals surface area contributed by atoms with Gasteiger partial charge in [0.05, 0.1) is 18.1 Å². The lowest BCUT2D eigenvalue weighted by Crippen LogP contribution is -3.00. The van der Waals surface area contributed by atoms with Gasteiger partial charge in [-0.25, -0.2) is 0 Å². The van der Waals surface area contributed by atoms with Crippen molar-refractivity contribution in [3.8, 4) is 34.3 Å². The third kappa shape index (κ3) is 3.97. The zero-order chi connectivity index (χ0) is 22.4. The average Bonchev–Trinajstić information content (AvgIpc) is 3.32. The zero-order valence-corrected chi connectivity index (χ0v) is 21.4. The molecule has 6 rings (SSSR count). The van der Waals surface area contributed by atoms with Crippen molar-refractivity contribution in [3.05, 3.63) is 71.9 Å². The van der Waals surface area contributed by atoms with Gasteiger partial charge in [0.25, 0.3) is 0 Å². The number of aromatic nitrogens is 1. The predicted molar refractivity (Wildman–Crippen MR) is 129 cm³/mol. The maximum absolute atomic E-state index is 6.34. The van der Waals surface area contributed by atoms with E-state index in [1.54, 1.807) is 18.9 Å². The number of ether oxygens (including phenoxy) is 4. The van der Waals surface area contributed by atoms with E-state index in [4.69, 9.17) is 18.9 Å². The first-order valence-electron chi connectivity index (χ1n) is 11.0. The lowest BCUT2D eigenvalue weighted by molar-refractivity contribution is -0.686. The van der Waals surface area contributed by atoms with E-state index in [-0.39, 0.29) is 23.8 Å². The summed E-state index contributed by atoms with van der Waals surface area (Å²) < 4.78 is 25.5. The Kier molecular flexibility index (Phi) is 6.32. The number of fused-ring (bicyclic) bond motifs is 5. The first-order chi connectivity index (χ1) is 16.2. The fourth-order valence-corrected chi connectivity index (χ4v) is 4.99. The Morgan fingerprint density at radius 2 is 1.79 bits per heavy atom. The first-order valence-corrected chi connectivity index (χ1v) is 12.2. The predicted octanol–water partition coefficient (Wildman–Crippen LogP) is 2.39. The van der Waals surface area contributed by atoms with E-state index in [1.165, 1.54) is 21.7 Å². The molecule has 0 amide bonds. The molecule has 0 saturated heterocycles. The molecule has 0 saturated carbocycles. The van der Waals surface area contributed by atoms with Gasteiger partial charge < -0.3 is 35.9 Å². The highest BCUT2D eigenvalue weighted by atomic mass is 79.9. The maximum Gasteiger partial charge on any atom is 0.231 e. The number of thioether (sulfide) groups is 1. The standard InChI is InChI=1S/C27H24NO4S.BrH/c1-29-24-8-5-18-11-23-21-13-26-25(31-16-32-26)12-19(21)9-10-28(23)14-22(18)27(24)30-15-17-3-6-20(33-2)7-4-17;/h3-8,11-14H,9-10,15-16H2,1-2H3;1H/q+1;/p-1. The minimum atomic E-state index is 0. The Bertz CT molecular complexity index is 1370. The number of hydrogen-bond donors (Lipinski definition) is 0. The molecule has 2 aliphatic heterocycles. The Morgan fingerprint density at radius 3 is 2.56 bits per heavy atom. The summed E-state index contributed by atoms with van der Waals surface area (Å²) in [4.78, 5) is 1.24. The van der Waals surface area contributed by atoms with Crippen LogP contribution in [0.3, 0.4) is 0 Å². The lowest BCUT2D eigenvalue weighted by Gasteiger charge is -2.18. The number of nitrogens with zero attached hydrogens (tertiary/aromatic N) is 1. The highest BCUT2D eigenvalue weighted by Crippen LogP contribution is 2.41. The molecule has 5 nitrogen and oxygen atoms in total. The smallest absolute Gasteiger partial charge is 0.231 e. The van der Waals surface area contributed by atoms with Crippen LogP contribution >= 0.6 is 11.8 Å². The Labute approximate surface area is 213 Å². The average molecular weight is 538 g/mol. The molecule has 4 aromatic rings.